The van der Waals surface area contributed by atoms with Crippen LogP contribution >= 0.6 is 0 Å². The molecule has 0 saturated carbocycles. The minimum Gasteiger partial charge on any atom is -0.393 e. The van der Waals surface area contributed by atoms with E-state index in [1.54, 1.807) is 0 Å². The summed E-state index contributed by atoms with van der Waals surface area (Å²) in [4.78, 5) is 0. The smallest absolute Gasteiger partial charge is 0.0524 e. The first-order chi connectivity index (χ1) is 5.20. The fourth-order valence-electron chi connectivity index (χ4n) is 1.07. The SMILES string of the molecule is CCC(CC)NCCC(C)O. The van der Waals surface area contributed by atoms with Gasteiger partial charge in [0.25, 0.3) is 0 Å². The van der Waals surface area contributed by atoms with Crippen molar-refractivity contribution in [2.45, 2.75) is 52.2 Å². The van der Waals surface area contributed by atoms with E-state index in [0.29, 0.717) is 6.04 Å². The molecule has 0 aliphatic heterocycles. The molecule has 0 aliphatic carbocycles. The lowest BCUT2D eigenvalue weighted by molar-refractivity contribution is 0.182. The highest BCUT2D eigenvalue weighted by Crippen LogP contribution is 1.96. The second-order valence-corrected chi connectivity index (χ2v) is 3.11. The number of aliphatic hydroxyl groups is 1. The topological polar surface area (TPSA) is 32.3 Å². The molecule has 2 heteroatoms. The summed E-state index contributed by atoms with van der Waals surface area (Å²) >= 11 is 0. The molecule has 1 atom stereocenters. The van der Waals surface area contributed by atoms with Gasteiger partial charge in [-0.3, -0.25) is 0 Å². The molecule has 0 amide bonds. The average Bonchev–Trinajstić information content (AvgIpc) is 1.98. The Balaban J connectivity index is 3.21. The fraction of sp³-hybridized carbons (Fsp3) is 1.00. The van der Waals surface area contributed by atoms with Crippen LogP contribution in [0, 0.1) is 0 Å². The minimum absolute atomic E-state index is 0.170. The van der Waals surface area contributed by atoms with Crippen LogP contribution in [-0.2, 0) is 0 Å². The normalized spacial score (nSPS) is 13.9. The fourth-order valence-corrected chi connectivity index (χ4v) is 1.07. The summed E-state index contributed by atoms with van der Waals surface area (Å²) in [6.45, 7) is 7.13. The number of hydrogen-bond acceptors (Lipinski definition) is 2. The van der Waals surface area contributed by atoms with E-state index in [9.17, 15) is 0 Å². The van der Waals surface area contributed by atoms with E-state index in [2.05, 4.69) is 19.2 Å². The van der Waals surface area contributed by atoms with Gasteiger partial charge in [0.15, 0.2) is 0 Å². The van der Waals surface area contributed by atoms with E-state index in [1.165, 1.54) is 12.8 Å². The van der Waals surface area contributed by atoms with E-state index in [0.717, 1.165) is 13.0 Å². The summed E-state index contributed by atoms with van der Waals surface area (Å²) < 4.78 is 0. The van der Waals surface area contributed by atoms with E-state index >= 15 is 0 Å². The van der Waals surface area contributed by atoms with E-state index in [-0.39, 0.29) is 6.10 Å². The van der Waals surface area contributed by atoms with Crippen molar-refractivity contribution in [3.8, 4) is 0 Å². The van der Waals surface area contributed by atoms with Gasteiger partial charge in [0, 0.05) is 6.04 Å². The van der Waals surface area contributed by atoms with E-state index < -0.39 is 0 Å². The molecule has 0 heterocycles. The zero-order valence-corrected chi connectivity index (χ0v) is 7.93. The van der Waals surface area contributed by atoms with E-state index in [1.807, 2.05) is 6.92 Å². The Labute approximate surface area is 70.0 Å². The second-order valence-electron chi connectivity index (χ2n) is 3.11. The van der Waals surface area contributed by atoms with Gasteiger partial charge in [0.05, 0.1) is 6.10 Å². The van der Waals surface area contributed by atoms with Gasteiger partial charge in [-0.25, -0.2) is 0 Å². The van der Waals surface area contributed by atoms with Crippen LogP contribution in [0.4, 0.5) is 0 Å². The standard InChI is InChI=1S/C9H21NO/c1-4-9(5-2)10-7-6-8(3)11/h8-11H,4-7H2,1-3H3. The predicted octanol–water partition coefficient (Wildman–Crippen LogP) is 1.54. The zero-order valence-electron chi connectivity index (χ0n) is 7.93. The van der Waals surface area contributed by atoms with Crippen LogP contribution in [0.1, 0.15) is 40.0 Å². The zero-order chi connectivity index (χ0) is 8.69. The number of nitrogens with one attached hydrogen (secondary N) is 1. The van der Waals surface area contributed by atoms with Crippen LogP contribution in [-0.4, -0.2) is 23.8 Å². The molecule has 2 N–H and O–H groups in total. The van der Waals surface area contributed by atoms with Crippen molar-refractivity contribution >= 4 is 0 Å². The number of aliphatic hydroxyl groups excluding tert-OH is 1. The van der Waals surface area contributed by atoms with Crippen LogP contribution in [0.2, 0.25) is 0 Å². The molecule has 0 radical (unpaired) electrons. The lowest BCUT2D eigenvalue weighted by atomic mass is 10.1. The van der Waals surface area contributed by atoms with Crippen molar-refractivity contribution in [3.05, 3.63) is 0 Å². The third-order valence-electron chi connectivity index (χ3n) is 1.98. The molecule has 68 valence electrons. The largest absolute Gasteiger partial charge is 0.393 e. The van der Waals surface area contributed by atoms with Gasteiger partial charge >= 0.3 is 0 Å². The molecule has 0 fully saturated rings. The Bertz CT molecular complexity index is 79.6. The summed E-state index contributed by atoms with van der Waals surface area (Å²) in [5.41, 5.74) is 0. The average molecular weight is 159 g/mol. The molecular weight excluding hydrogens is 138 g/mol. The highest BCUT2D eigenvalue weighted by molar-refractivity contribution is 4.62. The summed E-state index contributed by atoms with van der Waals surface area (Å²) in [5, 5.41) is 12.4. The second kappa shape index (κ2) is 6.62. The molecule has 0 aromatic carbocycles. The van der Waals surface area contributed by atoms with Crippen LogP contribution in [0.15, 0.2) is 0 Å². The predicted molar refractivity (Wildman–Crippen MR) is 48.7 cm³/mol. The molecule has 0 bridgehead atoms. The first-order valence-electron chi connectivity index (χ1n) is 4.62. The Morgan fingerprint density at radius 1 is 1.27 bits per heavy atom. The van der Waals surface area contributed by atoms with Gasteiger partial charge in [-0.15, -0.1) is 0 Å². The third-order valence-corrected chi connectivity index (χ3v) is 1.98. The highest BCUT2D eigenvalue weighted by atomic mass is 16.3. The first kappa shape index (κ1) is 10.9. The van der Waals surface area contributed by atoms with Crippen LogP contribution in [0.5, 0.6) is 0 Å². The molecular formula is C9H21NO. The summed E-state index contributed by atoms with van der Waals surface area (Å²) in [6.07, 6.45) is 3.04. The molecule has 2 nitrogen and oxygen atoms in total. The van der Waals surface area contributed by atoms with Crippen molar-refractivity contribution in [3.63, 3.8) is 0 Å². The maximum absolute atomic E-state index is 8.97. The van der Waals surface area contributed by atoms with Crippen LogP contribution in [0.25, 0.3) is 0 Å². The monoisotopic (exact) mass is 159 g/mol. The molecule has 0 aliphatic rings. The lowest BCUT2D eigenvalue weighted by Crippen LogP contribution is -2.30. The summed E-state index contributed by atoms with van der Waals surface area (Å²) in [7, 11) is 0. The molecule has 1 unspecified atom stereocenters. The third kappa shape index (κ3) is 6.32. The maximum Gasteiger partial charge on any atom is 0.0524 e. The molecule has 0 rings (SSSR count). The van der Waals surface area contributed by atoms with Crippen LogP contribution in [0.3, 0.4) is 0 Å². The molecule has 0 spiro atoms. The summed E-state index contributed by atoms with van der Waals surface area (Å²) in [5.74, 6) is 0. The van der Waals surface area contributed by atoms with Gasteiger partial charge in [0.2, 0.25) is 0 Å². The Kier molecular flexibility index (Phi) is 6.57. The van der Waals surface area contributed by atoms with Crippen molar-refractivity contribution < 1.29 is 5.11 Å². The molecule has 11 heavy (non-hydrogen) atoms. The van der Waals surface area contributed by atoms with Gasteiger partial charge in [-0.05, 0) is 32.7 Å². The van der Waals surface area contributed by atoms with Gasteiger partial charge in [-0.2, -0.15) is 0 Å². The molecule has 0 saturated heterocycles. The van der Waals surface area contributed by atoms with Crippen molar-refractivity contribution in [2.75, 3.05) is 6.54 Å². The van der Waals surface area contributed by atoms with Crippen molar-refractivity contribution in [1.29, 1.82) is 0 Å². The van der Waals surface area contributed by atoms with Gasteiger partial charge in [0.1, 0.15) is 0 Å². The Hall–Kier alpha value is -0.0800. The Morgan fingerprint density at radius 2 is 1.82 bits per heavy atom. The molecule has 0 aromatic heterocycles. The number of rotatable bonds is 6. The van der Waals surface area contributed by atoms with Crippen molar-refractivity contribution in [2.24, 2.45) is 0 Å². The van der Waals surface area contributed by atoms with Gasteiger partial charge < -0.3 is 10.4 Å². The summed E-state index contributed by atoms with van der Waals surface area (Å²) in [6, 6.07) is 0.633. The quantitative estimate of drug-likeness (QED) is 0.616. The maximum atomic E-state index is 8.97. The van der Waals surface area contributed by atoms with Gasteiger partial charge in [-0.1, -0.05) is 13.8 Å². The number of hydrogen-bond donors (Lipinski definition) is 2. The van der Waals surface area contributed by atoms with Crippen molar-refractivity contribution in [1.82, 2.24) is 5.32 Å². The molecule has 0 aromatic rings. The lowest BCUT2D eigenvalue weighted by Gasteiger charge is -2.14. The highest BCUT2D eigenvalue weighted by Gasteiger charge is 2.01. The Morgan fingerprint density at radius 3 is 2.18 bits per heavy atom. The van der Waals surface area contributed by atoms with Crippen LogP contribution < -0.4 is 5.32 Å². The first-order valence-corrected chi connectivity index (χ1v) is 4.62. The minimum atomic E-state index is -0.170. The van der Waals surface area contributed by atoms with E-state index in [4.69, 9.17) is 5.11 Å².